The summed E-state index contributed by atoms with van der Waals surface area (Å²) in [6.45, 7) is 5.98. The number of rotatable bonds is 3. The van der Waals surface area contributed by atoms with Gasteiger partial charge in [0.25, 0.3) is 5.91 Å². The van der Waals surface area contributed by atoms with Gasteiger partial charge in [-0.15, -0.1) is 0 Å². The molecule has 2 N–H and O–H groups in total. The Kier molecular flexibility index (Phi) is 3.85. The van der Waals surface area contributed by atoms with Crippen molar-refractivity contribution in [3.63, 3.8) is 0 Å². The van der Waals surface area contributed by atoms with Crippen LogP contribution in [0.4, 0.5) is 0 Å². The number of primary amides is 1. The van der Waals surface area contributed by atoms with E-state index in [1.54, 1.807) is 0 Å². The normalized spacial score (nSPS) is 10.4. The number of carbonyl (C=O) groups excluding carboxylic acids is 1. The molecule has 1 heterocycles. The molecule has 0 aliphatic heterocycles. The second kappa shape index (κ2) is 4.75. The Balaban J connectivity index is 3.42. The largest absolute Gasteiger partial charge is 0.366 e. The molecule has 1 aromatic heterocycles. The van der Waals surface area contributed by atoms with Crippen molar-refractivity contribution in [1.29, 1.82) is 0 Å². The minimum absolute atomic E-state index is 0.427. The molecule has 0 spiro atoms. The van der Waals surface area contributed by atoms with Crippen molar-refractivity contribution in [2.45, 2.75) is 33.6 Å². The highest BCUT2D eigenvalue weighted by molar-refractivity contribution is 9.10. The molecule has 1 aromatic rings. The summed E-state index contributed by atoms with van der Waals surface area (Å²) in [7, 11) is 0. The van der Waals surface area contributed by atoms with Crippen LogP contribution in [0.3, 0.4) is 0 Å². The maximum Gasteiger partial charge on any atom is 0.251 e. The Morgan fingerprint density at radius 3 is 2.53 bits per heavy atom. The lowest BCUT2D eigenvalue weighted by atomic mass is 9.99. The van der Waals surface area contributed by atoms with E-state index in [9.17, 15) is 4.79 Å². The lowest BCUT2D eigenvalue weighted by Crippen LogP contribution is -2.16. The predicted octanol–water partition coefficient (Wildman–Crippen LogP) is 2.51. The van der Waals surface area contributed by atoms with E-state index in [1.165, 1.54) is 0 Å². The van der Waals surface area contributed by atoms with Crippen LogP contribution in [0.25, 0.3) is 0 Å². The zero-order valence-corrected chi connectivity index (χ0v) is 10.8. The van der Waals surface area contributed by atoms with Gasteiger partial charge in [0.15, 0.2) is 0 Å². The fourth-order valence-corrected chi connectivity index (χ4v) is 2.51. The highest BCUT2D eigenvalue weighted by Crippen LogP contribution is 2.24. The highest BCUT2D eigenvalue weighted by Gasteiger charge is 2.16. The minimum atomic E-state index is -0.427. The average Bonchev–Trinajstić information content (AvgIpc) is 2.11. The van der Waals surface area contributed by atoms with Crippen molar-refractivity contribution in [3.05, 3.63) is 27.0 Å². The maximum absolute atomic E-state index is 11.3. The van der Waals surface area contributed by atoms with Gasteiger partial charge in [0.2, 0.25) is 0 Å². The van der Waals surface area contributed by atoms with Crippen LogP contribution in [0.15, 0.2) is 4.60 Å². The molecule has 15 heavy (non-hydrogen) atoms. The van der Waals surface area contributed by atoms with Crippen molar-refractivity contribution >= 4 is 21.8 Å². The molecule has 0 radical (unpaired) electrons. The van der Waals surface area contributed by atoms with Crippen LogP contribution < -0.4 is 5.73 Å². The third-order valence-electron chi connectivity index (χ3n) is 2.48. The molecule has 0 aliphatic carbocycles. The fourth-order valence-electron chi connectivity index (χ4n) is 1.75. The van der Waals surface area contributed by atoms with Gasteiger partial charge in [-0.25, -0.2) is 4.98 Å². The lowest BCUT2D eigenvalue weighted by molar-refractivity contribution is 0.0998. The molecule has 4 heteroatoms. The highest BCUT2D eigenvalue weighted by atomic mass is 79.9. The van der Waals surface area contributed by atoms with E-state index in [-0.39, 0.29) is 0 Å². The summed E-state index contributed by atoms with van der Waals surface area (Å²) in [6, 6.07) is 0. The molecule has 3 nitrogen and oxygen atoms in total. The Hall–Kier alpha value is -0.900. The van der Waals surface area contributed by atoms with Crippen molar-refractivity contribution in [3.8, 4) is 0 Å². The molecule has 0 atom stereocenters. The second-order valence-corrected chi connectivity index (χ2v) is 4.33. The smallest absolute Gasteiger partial charge is 0.251 e. The van der Waals surface area contributed by atoms with Crippen molar-refractivity contribution < 1.29 is 4.79 Å². The number of pyridine rings is 1. The van der Waals surface area contributed by atoms with Crippen LogP contribution in [-0.2, 0) is 6.42 Å². The predicted molar refractivity (Wildman–Crippen MR) is 63.9 cm³/mol. The Labute approximate surface area is 98.2 Å². The minimum Gasteiger partial charge on any atom is -0.366 e. The van der Waals surface area contributed by atoms with E-state index in [2.05, 4.69) is 27.8 Å². The third kappa shape index (κ3) is 2.37. The van der Waals surface area contributed by atoms with Gasteiger partial charge in [0.05, 0.1) is 5.56 Å². The number of nitrogens with zero attached hydrogens (tertiary/aromatic N) is 1. The van der Waals surface area contributed by atoms with Crippen LogP contribution >= 0.6 is 15.9 Å². The molecule has 82 valence electrons. The SMILES string of the molecule is CCCc1c(C)nc(Br)c(C(N)=O)c1C. The van der Waals surface area contributed by atoms with E-state index < -0.39 is 5.91 Å². The summed E-state index contributed by atoms with van der Waals surface area (Å²) in [5, 5.41) is 0. The van der Waals surface area contributed by atoms with Crippen LogP contribution in [0.1, 0.15) is 40.5 Å². The van der Waals surface area contributed by atoms with Gasteiger partial charge < -0.3 is 5.73 Å². The number of aromatic nitrogens is 1. The Morgan fingerprint density at radius 2 is 2.07 bits per heavy atom. The molecule has 0 aromatic carbocycles. The fraction of sp³-hybridized carbons (Fsp3) is 0.455. The molecular weight excluding hydrogens is 256 g/mol. The van der Waals surface area contributed by atoms with Gasteiger partial charge in [-0.3, -0.25) is 4.79 Å². The summed E-state index contributed by atoms with van der Waals surface area (Å²) in [4.78, 5) is 15.6. The van der Waals surface area contributed by atoms with Gasteiger partial charge >= 0.3 is 0 Å². The molecular formula is C11H15BrN2O. The summed E-state index contributed by atoms with van der Waals surface area (Å²) >= 11 is 3.27. The van der Waals surface area contributed by atoms with Gasteiger partial charge in [0, 0.05) is 5.69 Å². The van der Waals surface area contributed by atoms with Gasteiger partial charge in [0.1, 0.15) is 4.60 Å². The van der Waals surface area contributed by atoms with Gasteiger partial charge in [-0.1, -0.05) is 13.3 Å². The molecule has 0 saturated heterocycles. The number of halogens is 1. The zero-order valence-electron chi connectivity index (χ0n) is 9.22. The number of hydrogen-bond acceptors (Lipinski definition) is 2. The Bertz CT molecular complexity index is 402. The number of amides is 1. The van der Waals surface area contributed by atoms with Crippen LogP contribution in [0.2, 0.25) is 0 Å². The first kappa shape index (κ1) is 12.2. The summed E-state index contributed by atoms with van der Waals surface area (Å²) < 4.78 is 0.546. The summed E-state index contributed by atoms with van der Waals surface area (Å²) in [6.07, 6.45) is 1.96. The number of carbonyl (C=O) groups is 1. The van der Waals surface area contributed by atoms with Crippen LogP contribution in [0.5, 0.6) is 0 Å². The summed E-state index contributed by atoms with van der Waals surface area (Å²) in [5.41, 5.74) is 8.87. The first-order valence-electron chi connectivity index (χ1n) is 4.94. The maximum atomic E-state index is 11.3. The van der Waals surface area contributed by atoms with Crippen molar-refractivity contribution in [2.75, 3.05) is 0 Å². The van der Waals surface area contributed by atoms with Crippen molar-refractivity contribution in [1.82, 2.24) is 4.98 Å². The molecule has 1 amide bonds. The van der Waals surface area contributed by atoms with E-state index >= 15 is 0 Å². The molecule has 1 rings (SSSR count). The lowest BCUT2D eigenvalue weighted by Gasteiger charge is -2.12. The number of hydrogen-bond donors (Lipinski definition) is 1. The molecule has 0 fully saturated rings. The van der Waals surface area contributed by atoms with Gasteiger partial charge in [-0.05, 0) is 47.3 Å². The second-order valence-electron chi connectivity index (χ2n) is 3.58. The van der Waals surface area contributed by atoms with Crippen LogP contribution in [-0.4, -0.2) is 10.9 Å². The van der Waals surface area contributed by atoms with Gasteiger partial charge in [-0.2, -0.15) is 0 Å². The van der Waals surface area contributed by atoms with E-state index in [1.807, 2.05) is 13.8 Å². The first-order valence-corrected chi connectivity index (χ1v) is 5.73. The Morgan fingerprint density at radius 1 is 1.47 bits per heavy atom. The van der Waals surface area contributed by atoms with Crippen LogP contribution in [0, 0.1) is 13.8 Å². The average molecular weight is 271 g/mol. The van der Waals surface area contributed by atoms with E-state index in [4.69, 9.17) is 5.73 Å². The molecule has 0 saturated carbocycles. The molecule has 0 bridgehead atoms. The first-order chi connectivity index (χ1) is 6.99. The van der Waals surface area contributed by atoms with E-state index in [0.717, 1.165) is 29.7 Å². The van der Waals surface area contributed by atoms with Crippen molar-refractivity contribution in [2.24, 2.45) is 5.73 Å². The topological polar surface area (TPSA) is 56.0 Å². The quantitative estimate of drug-likeness (QED) is 0.859. The molecule has 0 unspecified atom stereocenters. The third-order valence-corrected chi connectivity index (χ3v) is 3.06. The summed E-state index contributed by atoms with van der Waals surface area (Å²) in [5.74, 6) is -0.427. The standard InChI is InChI=1S/C11H15BrN2O/c1-4-5-8-6(2)9(11(13)15)10(12)14-7(8)3/h4-5H2,1-3H3,(H2,13,15). The zero-order chi connectivity index (χ0) is 11.6. The monoisotopic (exact) mass is 270 g/mol. The number of nitrogens with two attached hydrogens (primary N) is 1. The molecule has 0 aliphatic rings. The number of aryl methyl sites for hydroxylation is 1. The van der Waals surface area contributed by atoms with E-state index in [0.29, 0.717) is 10.2 Å².